The Balaban J connectivity index is 2.01. The minimum Gasteiger partial charge on any atom is -0.369 e. The van der Waals surface area contributed by atoms with Gasteiger partial charge in [0.2, 0.25) is 0 Å². The molecule has 3 nitrogen and oxygen atoms in total. The Bertz CT molecular complexity index is 387. The molecule has 0 amide bonds. The predicted octanol–water partition coefficient (Wildman–Crippen LogP) is 2.07. The zero-order valence-electron chi connectivity index (χ0n) is 11.8. The van der Waals surface area contributed by atoms with Crippen molar-refractivity contribution in [3.63, 3.8) is 0 Å². The van der Waals surface area contributed by atoms with Crippen LogP contribution in [-0.4, -0.2) is 36.6 Å². The van der Waals surface area contributed by atoms with Gasteiger partial charge in [0.25, 0.3) is 0 Å². The SMILES string of the molecule is CC(C)(C)N1CCN(c2cccc(CN)c2)CC1. The highest BCUT2D eigenvalue weighted by atomic mass is 15.3. The summed E-state index contributed by atoms with van der Waals surface area (Å²) in [5.74, 6) is 0. The van der Waals surface area contributed by atoms with Crippen molar-refractivity contribution in [2.45, 2.75) is 32.9 Å². The number of rotatable bonds is 2. The molecule has 0 aromatic heterocycles. The molecule has 0 bridgehead atoms. The topological polar surface area (TPSA) is 32.5 Å². The molecule has 3 heteroatoms. The van der Waals surface area contributed by atoms with Crippen LogP contribution in [0.25, 0.3) is 0 Å². The zero-order chi connectivity index (χ0) is 13.2. The molecule has 1 aliphatic heterocycles. The van der Waals surface area contributed by atoms with Crippen LogP contribution >= 0.6 is 0 Å². The third-order valence-corrected chi connectivity index (χ3v) is 3.74. The fourth-order valence-electron chi connectivity index (χ4n) is 2.52. The van der Waals surface area contributed by atoms with Crippen molar-refractivity contribution in [1.82, 2.24) is 4.90 Å². The molecular formula is C15H25N3. The van der Waals surface area contributed by atoms with Gasteiger partial charge in [0.1, 0.15) is 0 Å². The number of piperazine rings is 1. The van der Waals surface area contributed by atoms with Gasteiger partial charge in [-0.05, 0) is 38.5 Å². The average Bonchev–Trinajstić information content (AvgIpc) is 2.38. The van der Waals surface area contributed by atoms with Gasteiger partial charge in [-0.1, -0.05) is 12.1 Å². The summed E-state index contributed by atoms with van der Waals surface area (Å²) < 4.78 is 0. The lowest BCUT2D eigenvalue weighted by atomic mass is 10.0. The summed E-state index contributed by atoms with van der Waals surface area (Å²) in [4.78, 5) is 5.01. The van der Waals surface area contributed by atoms with Crippen LogP contribution < -0.4 is 10.6 Å². The van der Waals surface area contributed by atoms with E-state index >= 15 is 0 Å². The lowest BCUT2D eigenvalue weighted by molar-refractivity contribution is 0.128. The molecule has 1 aliphatic rings. The van der Waals surface area contributed by atoms with Gasteiger partial charge in [-0.25, -0.2) is 0 Å². The summed E-state index contributed by atoms with van der Waals surface area (Å²) in [6.07, 6.45) is 0. The van der Waals surface area contributed by atoms with Gasteiger partial charge in [-0.2, -0.15) is 0 Å². The van der Waals surface area contributed by atoms with Crippen molar-refractivity contribution in [3.8, 4) is 0 Å². The molecule has 0 atom stereocenters. The van der Waals surface area contributed by atoms with Crippen LogP contribution in [0.1, 0.15) is 26.3 Å². The molecule has 1 heterocycles. The van der Waals surface area contributed by atoms with Gasteiger partial charge < -0.3 is 10.6 Å². The molecule has 0 radical (unpaired) electrons. The first-order valence-electron chi connectivity index (χ1n) is 6.80. The lowest BCUT2D eigenvalue weighted by Gasteiger charge is -2.43. The molecule has 100 valence electrons. The molecule has 0 aliphatic carbocycles. The summed E-state index contributed by atoms with van der Waals surface area (Å²) in [6.45, 7) is 12.0. The third-order valence-electron chi connectivity index (χ3n) is 3.74. The fraction of sp³-hybridized carbons (Fsp3) is 0.600. The number of hydrogen-bond acceptors (Lipinski definition) is 3. The molecule has 2 N–H and O–H groups in total. The highest BCUT2D eigenvalue weighted by Gasteiger charge is 2.25. The maximum absolute atomic E-state index is 5.70. The van der Waals surface area contributed by atoms with E-state index in [2.05, 4.69) is 54.8 Å². The number of benzene rings is 1. The average molecular weight is 247 g/mol. The van der Waals surface area contributed by atoms with E-state index in [1.165, 1.54) is 11.3 Å². The van der Waals surface area contributed by atoms with Crippen LogP contribution in [0.15, 0.2) is 24.3 Å². The summed E-state index contributed by atoms with van der Waals surface area (Å²) in [5, 5.41) is 0. The maximum atomic E-state index is 5.70. The van der Waals surface area contributed by atoms with Gasteiger partial charge >= 0.3 is 0 Å². The van der Waals surface area contributed by atoms with Crippen LogP contribution in [-0.2, 0) is 6.54 Å². The molecule has 2 rings (SSSR count). The smallest absolute Gasteiger partial charge is 0.0370 e. The Morgan fingerprint density at radius 1 is 1.11 bits per heavy atom. The van der Waals surface area contributed by atoms with E-state index in [1.807, 2.05) is 0 Å². The third kappa shape index (κ3) is 3.03. The van der Waals surface area contributed by atoms with Crippen molar-refractivity contribution in [2.24, 2.45) is 5.73 Å². The van der Waals surface area contributed by atoms with Crippen LogP contribution in [0.2, 0.25) is 0 Å². The summed E-state index contributed by atoms with van der Waals surface area (Å²) >= 11 is 0. The Morgan fingerprint density at radius 2 is 1.78 bits per heavy atom. The second-order valence-corrected chi connectivity index (χ2v) is 6.02. The minimum absolute atomic E-state index is 0.283. The molecule has 0 saturated carbocycles. The van der Waals surface area contributed by atoms with Crippen molar-refractivity contribution in [1.29, 1.82) is 0 Å². The molecule has 1 aromatic carbocycles. The number of nitrogens with zero attached hydrogens (tertiary/aromatic N) is 2. The number of hydrogen-bond donors (Lipinski definition) is 1. The van der Waals surface area contributed by atoms with E-state index in [-0.39, 0.29) is 5.54 Å². The van der Waals surface area contributed by atoms with Gasteiger partial charge in [-0.3, -0.25) is 4.90 Å². The predicted molar refractivity (Wildman–Crippen MR) is 77.9 cm³/mol. The number of nitrogens with two attached hydrogens (primary N) is 1. The normalized spacial score (nSPS) is 18.1. The first-order valence-corrected chi connectivity index (χ1v) is 6.80. The first-order chi connectivity index (χ1) is 8.50. The standard InChI is InChI=1S/C15H25N3/c1-15(2,3)18-9-7-17(8-10-18)14-6-4-5-13(11-14)12-16/h4-6,11H,7-10,12,16H2,1-3H3. The van der Waals surface area contributed by atoms with E-state index in [0.29, 0.717) is 6.54 Å². The van der Waals surface area contributed by atoms with E-state index in [4.69, 9.17) is 5.73 Å². The van der Waals surface area contributed by atoms with Crippen molar-refractivity contribution >= 4 is 5.69 Å². The van der Waals surface area contributed by atoms with Crippen LogP contribution in [0.3, 0.4) is 0 Å². The Labute approximate surface area is 111 Å². The Hall–Kier alpha value is -1.06. The van der Waals surface area contributed by atoms with E-state index in [9.17, 15) is 0 Å². The minimum atomic E-state index is 0.283. The fourth-order valence-corrected chi connectivity index (χ4v) is 2.52. The van der Waals surface area contributed by atoms with E-state index < -0.39 is 0 Å². The van der Waals surface area contributed by atoms with Crippen molar-refractivity contribution in [3.05, 3.63) is 29.8 Å². The van der Waals surface area contributed by atoms with Gasteiger partial charge in [0.15, 0.2) is 0 Å². The second kappa shape index (κ2) is 5.29. The maximum Gasteiger partial charge on any atom is 0.0370 e. The lowest BCUT2D eigenvalue weighted by Crippen LogP contribution is -2.53. The van der Waals surface area contributed by atoms with Crippen LogP contribution in [0.5, 0.6) is 0 Å². The summed E-state index contributed by atoms with van der Waals surface area (Å²) in [5.41, 5.74) is 8.51. The molecule has 18 heavy (non-hydrogen) atoms. The van der Waals surface area contributed by atoms with Gasteiger partial charge in [0, 0.05) is 44.0 Å². The van der Waals surface area contributed by atoms with Crippen LogP contribution in [0, 0.1) is 0 Å². The molecule has 1 aromatic rings. The van der Waals surface area contributed by atoms with E-state index in [1.54, 1.807) is 0 Å². The largest absolute Gasteiger partial charge is 0.369 e. The van der Waals surface area contributed by atoms with Crippen LogP contribution in [0.4, 0.5) is 5.69 Å². The monoisotopic (exact) mass is 247 g/mol. The van der Waals surface area contributed by atoms with Gasteiger partial charge in [0.05, 0.1) is 0 Å². The highest BCUT2D eigenvalue weighted by Crippen LogP contribution is 2.21. The number of anilines is 1. The summed E-state index contributed by atoms with van der Waals surface area (Å²) in [7, 11) is 0. The Kier molecular flexibility index (Phi) is 3.93. The van der Waals surface area contributed by atoms with Crippen molar-refractivity contribution in [2.75, 3.05) is 31.1 Å². The Morgan fingerprint density at radius 3 is 2.33 bits per heavy atom. The molecule has 0 spiro atoms. The molecule has 0 unspecified atom stereocenters. The molecular weight excluding hydrogens is 222 g/mol. The summed E-state index contributed by atoms with van der Waals surface area (Å²) in [6, 6.07) is 8.60. The molecule has 1 saturated heterocycles. The highest BCUT2D eigenvalue weighted by molar-refractivity contribution is 5.49. The second-order valence-electron chi connectivity index (χ2n) is 6.02. The first kappa shape index (κ1) is 13.4. The molecule has 1 fully saturated rings. The van der Waals surface area contributed by atoms with E-state index in [0.717, 1.165) is 26.2 Å². The van der Waals surface area contributed by atoms with Crippen molar-refractivity contribution < 1.29 is 0 Å². The quantitative estimate of drug-likeness (QED) is 0.868. The van der Waals surface area contributed by atoms with Gasteiger partial charge in [-0.15, -0.1) is 0 Å². The zero-order valence-corrected chi connectivity index (χ0v) is 11.8.